The largest absolute Gasteiger partial charge is 0.333 e. The van der Waals surface area contributed by atoms with E-state index in [0.717, 1.165) is 19.6 Å². The second-order valence-corrected chi connectivity index (χ2v) is 6.08. The van der Waals surface area contributed by atoms with E-state index in [-0.39, 0.29) is 0 Å². The highest BCUT2D eigenvalue weighted by atomic mass is 15.3. The molecule has 0 fully saturated rings. The van der Waals surface area contributed by atoms with Gasteiger partial charge in [-0.15, -0.1) is 0 Å². The lowest BCUT2D eigenvalue weighted by molar-refractivity contribution is 0.110. The number of rotatable bonds is 2. The van der Waals surface area contributed by atoms with Gasteiger partial charge in [-0.2, -0.15) is 0 Å². The summed E-state index contributed by atoms with van der Waals surface area (Å²) in [4.78, 5) is 7.11. The van der Waals surface area contributed by atoms with Gasteiger partial charge < -0.3 is 9.88 Å². The van der Waals surface area contributed by atoms with Crippen molar-refractivity contribution in [3.05, 3.63) is 53.6 Å². The highest BCUT2D eigenvalue weighted by Gasteiger charge is 2.34. The van der Waals surface area contributed by atoms with Crippen molar-refractivity contribution in [3.63, 3.8) is 0 Å². The van der Waals surface area contributed by atoms with Crippen LogP contribution in [0.4, 0.5) is 0 Å². The predicted molar refractivity (Wildman–Crippen MR) is 83.0 cm³/mol. The first-order chi connectivity index (χ1) is 10.4. The van der Waals surface area contributed by atoms with Crippen LogP contribution in [-0.2, 0) is 19.5 Å². The van der Waals surface area contributed by atoms with E-state index in [1.807, 2.05) is 6.20 Å². The molecule has 2 aliphatic rings. The van der Waals surface area contributed by atoms with Crippen molar-refractivity contribution in [2.45, 2.75) is 38.0 Å². The van der Waals surface area contributed by atoms with Crippen LogP contribution in [0.5, 0.6) is 0 Å². The summed E-state index contributed by atoms with van der Waals surface area (Å²) in [6.07, 6.45) is 6.43. The van der Waals surface area contributed by atoms with Crippen molar-refractivity contribution < 1.29 is 0 Å². The second-order valence-electron chi connectivity index (χ2n) is 6.08. The summed E-state index contributed by atoms with van der Waals surface area (Å²) in [6, 6.07) is 9.87. The van der Waals surface area contributed by atoms with Crippen molar-refractivity contribution in [1.82, 2.24) is 19.8 Å². The Morgan fingerprint density at radius 2 is 2.14 bits per heavy atom. The van der Waals surface area contributed by atoms with E-state index < -0.39 is 0 Å². The number of nitrogens with one attached hydrogen (secondary N) is 1. The molecule has 1 aliphatic heterocycles. The van der Waals surface area contributed by atoms with Crippen LogP contribution in [0.15, 0.2) is 36.7 Å². The number of aryl methyl sites for hydroxylation is 1. The SMILES string of the molecule is CNC1c2ccccc2CCC1N1CCn2ccnc2C1. The molecule has 1 aromatic carbocycles. The lowest BCUT2D eigenvalue weighted by Gasteiger charge is -2.42. The molecule has 2 atom stereocenters. The van der Waals surface area contributed by atoms with E-state index in [0.29, 0.717) is 12.1 Å². The molecule has 110 valence electrons. The lowest BCUT2D eigenvalue weighted by atomic mass is 9.83. The van der Waals surface area contributed by atoms with E-state index in [9.17, 15) is 0 Å². The third-order valence-corrected chi connectivity index (χ3v) is 5.04. The molecule has 0 amide bonds. The number of hydrogen-bond donors (Lipinski definition) is 1. The molecule has 4 heteroatoms. The van der Waals surface area contributed by atoms with Crippen LogP contribution in [0.1, 0.15) is 29.4 Å². The number of benzene rings is 1. The Balaban J connectivity index is 1.61. The Labute approximate surface area is 125 Å². The molecule has 0 radical (unpaired) electrons. The summed E-state index contributed by atoms with van der Waals surface area (Å²) in [5, 5.41) is 3.56. The topological polar surface area (TPSA) is 33.1 Å². The Bertz CT molecular complexity index is 633. The average molecular weight is 282 g/mol. The zero-order valence-electron chi connectivity index (χ0n) is 12.5. The highest BCUT2D eigenvalue weighted by molar-refractivity contribution is 5.34. The maximum atomic E-state index is 4.50. The fraction of sp³-hybridized carbons (Fsp3) is 0.471. The molecular formula is C17H22N4. The Kier molecular flexibility index (Phi) is 3.28. The van der Waals surface area contributed by atoms with Gasteiger partial charge in [-0.05, 0) is 31.0 Å². The fourth-order valence-corrected chi connectivity index (χ4v) is 3.96. The fourth-order valence-electron chi connectivity index (χ4n) is 3.96. The molecule has 2 aromatic rings. The minimum atomic E-state index is 0.427. The average Bonchev–Trinajstić information content (AvgIpc) is 3.01. The Hall–Kier alpha value is -1.65. The first-order valence-corrected chi connectivity index (χ1v) is 7.86. The third kappa shape index (κ3) is 2.19. The monoisotopic (exact) mass is 282 g/mol. The Morgan fingerprint density at radius 3 is 3.05 bits per heavy atom. The van der Waals surface area contributed by atoms with Crippen LogP contribution >= 0.6 is 0 Å². The standard InChI is InChI=1S/C17H22N4/c1-18-17-14-5-3-2-4-13(14)6-7-15(17)21-11-10-20-9-8-19-16(20)12-21/h2-5,8-9,15,17-18H,6-7,10-12H2,1H3. The molecule has 0 spiro atoms. The number of aromatic nitrogens is 2. The highest BCUT2D eigenvalue weighted by Crippen LogP contribution is 2.34. The summed E-state index contributed by atoms with van der Waals surface area (Å²) in [5.41, 5.74) is 2.98. The van der Waals surface area contributed by atoms with Crippen LogP contribution in [0.3, 0.4) is 0 Å². The first-order valence-electron chi connectivity index (χ1n) is 7.86. The zero-order chi connectivity index (χ0) is 14.2. The quantitative estimate of drug-likeness (QED) is 0.914. The van der Waals surface area contributed by atoms with Gasteiger partial charge in [-0.3, -0.25) is 4.90 Å². The van der Waals surface area contributed by atoms with E-state index in [4.69, 9.17) is 0 Å². The molecule has 1 aliphatic carbocycles. The molecule has 1 aromatic heterocycles. The molecule has 2 heterocycles. The molecule has 4 rings (SSSR count). The van der Waals surface area contributed by atoms with Gasteiger partial charge in [0.2, 0.25) is 0 Å². The van der Waals surface area contributed by atoms with Crippen molar-refractivity contribution in [2.24, 2.45) is 0 Å². The van der Waals surface area contributed by atoms with E-state index in [2.05, 4.69) is 57.3 Å². The number of fused-ring (bicyclic) bond motifs is 2. The van der Waals surface area contributed by atoms with Crippen LogP contribution in [0.25, 0.3) is 0 Å². The lowest BCUT2D eigenvalue weighted by Crippen LogP contribution is -2.49. The number of nitrogens with zero attached hydrogens (tertiary/aromatic N) is 3. The number of imidazole rings is 1. The predicted octanol–water partition coefficient (Wildman–Crippen LogP) is 1.97. The van der Waals surface area contributed by atoms with Crippen LogP contribution in [0, 0.1) is 0 Å². The molecule has 0 bridgehead atoms. The molecule has 0 saturated carbocycles. The van der Waals surface area contributed by atoms with Crippen molar-refractivity contribution in [3.8, 4) is 0 Å². The maximum absolute atomic E-state index is 4.50. The number of hydrogen-bond acceptors (Lipinski definition) is 3. The van der Waals surface area contributed by atoms with Gasteiger partial charge in [0.05, 0.1) is 6.54 Å². The van der Waals surface area contributed by atoms with Crippen molar-refractivity contribution in [2.75, 3.05) is 13.6 Å². The van der Waals surface area contributed by atoms with E-state index >= 15 is 0 Å². The van der Waals surface area contributed by atoms with Gasteiger partial charge in [-0.25, -0.2) is 4.98 Å². The minimum Gasteiger partial charge on any atom is -0.333 e. The molecule has 21 heavy (non-hydrogen) atoms. The van der Waals surface area contributed by atoms with Gasteiger partial charge >= 0.3 is 0 Å². The molecular weight excluding hydrogens is 260 g/mol. The third-order valence-electron chi connectivity index (χ3n) is 5.04. The minimum absolute atomic E-state index is 0.427. The zero-order valence-corrected chi connectivity index (χ0v) is 12.5. The van der Waals surface area contributed by atoms with Gasteiger partial charge in [0.15, 0.2) is 0 Å². The van der Waals surface area contributed by atoms with Gasteiger partial charge in [0.25, 0.3) is 0 Å². The number of likely N-dealkylation sites (N-methyl/N-ethyl adjacent to an activating group) is 1. The second kappa shape index (κ2) is 5.28. The van der Waals surface area contributed by atoms with E-state index in [1.165, 1.54) is 29.8 Å². The van der Waals surface area contributed by atoms with Crippen molar-refractivity contribution in [1.29, 1.82) is 0 Å². The molecule has 4 nitrogen and oxygen atoms in total. The molecule has 0 saturated heterocycles. The summed E-state index contributed by atoms with van der Waals surface area (Å²) in [6.45, 7) is 3.15. The summed E-state index contributed by atoms with van der Waals surface area (Å²) >= 11 is 0. The van der Waals surface area contributed by atoms with Crippen molar-refractivity contribution >= 4 is 0 Å². The normalized spacial score (nSPS) is 25.4. The molecule has 2 unspecified atom stereocenters. The van der Waals surface area contributed by atoms with Crippen LogP contribution < -0.4 is 5.32 Å². The summed E-state index contributed by atoms with van der Waals surface area (Å²) in [5.74, 6) is 1.20. The van der Waals surface area contributed by atoms with E-state index in [1.54, 1.807) is 0 Å². The smallest absolute Gasteiger partial charge is 0.122 e. The first kappa shape index (κ1) is 13.0. The van der Waals surface area contributed by atoms with Gasteiger partial charge in [-0.1, -0.05) is 24.3 Å². The Morgan fingerprint density at radius 1 is 1.24 bits per heavy atom. The van der Waals surface area contributed by atoms with Gasteiger partial charge in [0, 0.05) is 37.6 Å². The summed E-state index contributed by atoms with van der Waals surface area (Å²) < 4.78 is 2.28. The summed E-state index contributed by atoms with van der Waals surface area (Å²) in [7, 11) is 2.09. The maximum Gasteiger partial charge on any atom is 0.122 e. The van der Waals surface area contributed by atoms with Crippen LogP contribution in [-0.4, -0.2) is 34.1 Å². The van der Waals surface area contributed by atoms with Crippen LogP contribution in [0.2, 0.25) is 0 Å². The van der Waals surface area contributed by atoms with Gasteiger partial charge in [0.1, 0.15) is 5.82 Å². The molecule has 1 N–H and O–H groups in total.